The largest absolute Gasteiger partial charge is 0.463 e. The van der Waals surface area contributed by atoms with Crippen molar-refractivity contribution in [3.8, 4) is 0 Å². The Morgan fingerprint density at radius 3 is 2.72 bits per heavy atom. The minimum absolute atomic E-state index is 0.0144. The Hall–Kier alpha value is -1.37. The Bertz CT molecular complexity index is 472. The van der Waals surface area contributed by atoms with Crippen LogP contribution in [0.2, 0.25) is 0 Å². The number of rotatable bonds is 3. The second kappa shape index (κ2) is 5.99. The number of esters is 1. The van der Waals surface area contributed by atoms with Crippen molar-refractivity contribution in [2.75, 3.05) is 6.61 Å². The molecule has 3 nitrogen and oxygen atoms in total. The molecule has 0 fully saturated rings. The van der Waals surface area contributed by atoms with Crippen LogP contribution in [0.4, 0.5) is 13.2 Å². The number of halogens is 4. The number of aromatic nitrogens is 1. The average Bonchev–Trinajstić information content (AvgIpc) is 2.24. The van der Waals surface area contributed by atoms with Gasteiger partial charge in [-0.2, -0.15) is 13.2 Å². The van der Waals surface area contributed by atoms with Crippen LogP contribution in [-0.2, 0) is 9.53 Å². The first-order valence-corrected chi connectivity index (χ1v) is 5.71. The van der Waals surface area contributed by atoms with E-state index >= 15 is 0 Å². The molecular weight excluding hydrogens is 315 g/mol. The van der Waals surface area contributed by atoms with Crippen molar-refractivity contribution in [3.63, 3.8) is 0 Å². The first kappa shape index (κ1) is 14.7. The highest BCUT2D eigenvalue weighted by Crippen LogP contribution is 2.34. The van der Waals surface area contributed by atoms with E-state index in [1.165, 1.54) is 25.3 Å². The Labute approximate surface area is 110 Å². The molecule has 0 aliphatic rings. The van der Waals surface area contributed by atoms with Crippen molar-refractivity contribution in [1.29, 1.82) is 0 Å². The molecule has 1 aromatic rings. The summed E-state index contributed by atoms with van der Waals surface area (Å²) in [5, 5.41) is 0. The maximum Gasteiger partial charge on any atom is 0.417 e. The van der Waals surface area contributed by atoms with E-state index in [9.17, 15) is 18.0 Å². The monoisotopic (exact) mass is 323 g/mol. The summed E-state index contributed by atoms with van der Waals surface area (Å²) in [4.78, 5) is 14.9. The van der Waals surface area contributed by atoms with Gasteiger partial charge in [-0.1, -0.05) is 0 Å². The Balaban J connectivity index is 3.19. The van der Waals surface area contributed by atoms with Crippen molar-refractivity contribution < 1.29 is 22.7 Å². The maximum atomic E-state index is 12.8. The predicted octanol–water partition coefficient (Wildman–Crippen LogP) is 3.35. The first-order valence-electron chi connectivity index (χ1n) is 4.92. The molecule has 0 aliphatic carbocycles. The normalized spacial score (nSPS) is 12.4. The fraction of sp³-hybridized carbons (Fsp3) is 0.273. The SMILES string of the molecule is CCOC(=O)C=C(c1ccnc(Br)c1)C(F)(F)F. The van der Waals surface area contributed by atoms with Crippen molar-refractivity contribution >= 4 is 27.5 Å². The van der Waals surface area contributed by atoms with Gasteiger partial charge < -0.3 is 4.74 Å². The number of hydrogen-bond donors (Lipinski definition) is 0. The molecule has 7 heteroatoms. The molecule has 1 rings (SSSR count). The molecule has 1 heterocycles. The third-order valence-corrected chi connectivity index (χ3v) is 2.33. The molecule has 0 bridgehead atoms. The van der Waals surface area contributed by atoms with E-state index in [-0.39, 0.29) is 16.8 Å². The number of carbonyl (C=O) groups excluding carboxylic acids is 1. The molecule has 0 atom stereocenters. The highest BCUT2D eigenvalue weighted by molar-refractivity contribution is 9.10. The van der Waals surface area contributed by atoms with Crippen LogP contribution >= 0.6 is 15.9 Å². The predicted molar refractivity (Wildman–Crippen MR) is 62.6 cm³/mol. The topological polar surface area (TPSA) is 39.2 Å². The number of nitrogens with zero attached hydrogens (tertiary/aromatic N) is 1. The van der Waals surface area contributed by atoms with Crippen molar-refractivity contribution in [2.45, 2.75) is 13.1 Å². The standard InChI is InChI=1S/C11H9BrF3NO2/c1-2-18-10(17)6-8(11(13,14)15)7-3-4-16-9(12)5-7/h3-6H,2H2,1H3. The fourth-order valence-corrected chi connectivity index (χ4v) is 1.57. The van der Waals surface area contributed by atoms with Gasteiger partial charge in [-0.05, 0) is 40.5 Å². The molecule has 0 amide bonds. The first-order chi connectivity index (χ1) is 8.34. The molecule has 0 N–H and O–H groups in total. The zero-order chi connectivity index (χ0) is 13.8. The van der Waals surface area contributed by atoms with E-state index in [2.05, 4.69) is 25.7 Å². The van der Waals surface area contributed by atoms with Crippen LogP contribution in [-0.4, -0.2) is 23.7 Å². The van der Waals surface area contributed by atoms with Gasteiger partial charge >= 0.3 is 12.1 Å². The van der Waals surface area contributed by atoms with Crippen molar-refractivity contribution in [3.05, 3.63) is 34.6 Å². The summed E-state index contributed by atoms with van der Waals surface area (Å²) in [6.45, 7) is 1.53. The molecule has 0 saturated heterocycles. The van der Waals surface area contributed by atoms with Crippen molar-refractivity contribution in [1.82, 2.24) is 4.98 Å². The lowest BCUT2D eigenvalue weighted by Gasteiger charge is -2.11. The summed E-state index contributed by atoms with van der Waals surface area (Å²) in [5.74, 6) is -1.03. The van der Waals surface area contributed by atoms with E-state index in [1.54, 1.807) is 0 Å². The minimum Gasteiger partial charge on any atom is -0.463 e. The third-order valence-electron chi connectivity index (χ3n) is 1.89. The number of allylic oxidation sites excluding steroid dienone is 1. The van der Waals surface area contributed by atoms with Crippen LogP contribution in [0.15, 0.2) is 29.0 Å². The second-order valence-electron chi connectivity index (χ2n) is 3.18. The lowest BCUT2D eigenvalue weighted by atomic mass is 10.1. The highest BCUT2D eigenvalue weighted by atomic mass is 79.9. The van der Waals surface area contributed by atoms with Crippen LogP contribution in [0.3, 0.4) is 0 Å². The zero-order valence-corrected chi connectivity index (χ0v) is 10.9. The van der Waals surface area contributed by atoms with E-state index in [1.807, 2.05) is 0 Å². The van der Waals surface area contributed by atoms with Crippen LogP contribution < -0.4 is 0 Å². The Morgan fingerprint density at radius 2 is 2.22 bits per heavy atom. The molecule has 0 unspecified atom stereocenters. The molecule has 18 heavy (non-hydrogen) atoms. The quantitative estimate of drug-likeness (QED) is 0.486. The van der Waals surface area contributed by atoms with Gasteiger partial charge in [0, 0.05) is 12.3 Å². The smallest absolute Gasteiger partial charge is 0.417 e. The van der Waals surface area contributed by atoms with Gasteiger partial charge in [0.15, 0.2) is 0 Å². The molecule has 0 aromatic carbocycles. The minimum atomic E-state index is -4.65. The third kappa shape index (κ3) is 4.14. The Morgan fingerprint density at radius 1 is 1.56 bits per heavy atom. The zero-order valence-electron chi connectivity index (χ0n) is 9.29. The molecule has 0 saturated carbocycles. The van der Waals surface area contributed by atoms with Gasteiger partial charge in [-0.25, -0.2) is 9.78 Å². The summed E-state index contributed by atoms with van der Waals surface area (Å²) in [6.07, 6.45) is -3.00. The van der Waals surface area contributed by atoms with E-state index in [0.29, 0.717) is 6.08 Å². The molecule has 98 valence electrons. The van der Waals surface area contributed by atoms with E-state index < -0.39 is 17.7 Å². The summed E-state index contributed by atoms with van der Waals surface area (Å²) >= 11 is 2.97. The molecule has 1 aromatic heterocycles. The van der Waals surface area contributed by atoms with Gasteiger partial charge in [0.1, 0.15) is 4.60 Å². The highest BCUT2D eigenvalue weighted by Gasteiger charge is 2.35. The summed E-state index contributed by atoms with van der Waals surface area (Å²) in [6, 6.07) is 2.35. The number of ether oxygens (including phenoxy) is 1. The molecule has 0 radical (unpaired) electrons. The van der Waals surface area contributed by atoms with E-state index in [4.69, 9.17) is 0 Å². The second-order valence-corrected chi connectivity index (χ2v) is 3.99. The van der Waals surface area contributed by atoms with Crippen LogP contribution in [0.5, 0.6) is 0 Å². The Kier molecular flexibility index (Phi) is 4.89. The lowest BCUT2D eigenvalue weighted by molar-refractivity contribution is -0.137. The average molecular weight is 324 g/mol. The molecular formula is C11H9BrF3NO2. The number of carbonyl (C=O) groups is 1. The van der Waals surface area contributed by atoms with Crippen LogP contribution in [0, 0.1) is 0 Å². The number of hydrogen-bond acceptors (Lipinski definition) is 3. The van der Waals surface area contributed by atoms with E-state index in [0.717, 1.165) is 0 Å². The summed E-state index contributed by atoms with van der Waals surface area (Å²) < 4.78 is 43.2. The fourth-order valence-electron chi connectivity index (χ4n) is 1.20. The van der Waals surface area contributed by atoms with Gasteiger partial charge in [-0.15, -0.1) is 0 Å². The van der Waals surface area contributed by atoms with Gasteiger partial charge in [0.2, 0.25) is 0 Å². The maximum absolute atomic E-state index is 12.8. The van der Waals surface area contributed by atoms with Crippen molar-refractivity contribution in [2.24, 2.45) is 0 Å². The van der Waals surface area contributed by atoms with Gasteiger partial charge in [0.25, 0.3) is 0 Å². The van der Waals surface area contributed by atoms with Gasteiger partial charge in [0.05, 0.1) is 12.2 Å². The number of alkyl halides is 3. The molecule has 0 aliphatic heterocycles. The molecule has 0 spiro atoms. The summed E-state index contributed by atoms with van der Waals surface area (Å²) in [5.41, 5.74) is -1.22. The van der Waals surface area contributed by atoms with Crippen LogP contribution in [0.1, 0.15) is 12.5 Å². The van der Waals surface area contributed by atoms with Gasteiger partial charge in [-0.3, -0.25) is 0 Å². The summed E-state index contributed by atoms with van der Waals surface area (Å²) in [7, 11) is 0. The van der Waals surface area contributed by atoms with Crippen LogP contribution in [0.25, 0.3) is 5.57 Å². The number of pyridine rings is 1. The lowest BCUT2D eigenvalue weighted by Crippen LogP contribution is -2.13.